The first-order valence-corrected chi connectivity index (χ1v) is 5.71. The van der Waals surface area contributed by atoms with Crippen molar-refractivity contribution in [3.63, 3.8) is 0 Å². The summed E-state index contributed by atoms with van der Waals surface area (Å²) in [5.41, 5.74) is -0.136. The number of aromatic nitrogens is 1. The van der Waals surface area contributed by atoms with Gasteiger partial charge in [-0.3, -0.25) is 0 Å². The highest BCUT2D eigenvalue weighted by atomic mass is 32.1. The third-order valence-electron chi connectivity index (χ3n) is 2.38. The minimum atomic E-state index is -0.136. The van der Waals surface area contributed by atoms with Crippen LogP contribution >= 0.6 is 11.3 Å². The van der Waals surface area contributed by atoms with Crippen LogP contribution in [0.1, 0.15) is 38.6 Å². The van der Waals surface area contributed by atoms with Crippen LogP contribution in [0.15, 0.2) is 11.6 Å². The Labute approximate surface area is 84.0 Å². The minimum absolute atomic E-state index is 0.136. The fourth-order valence-electron chi connectivity index (χ4n) is 1.54. The molecule has 0 N–H and O–H groups in total. The molecule has 0 fully saturated rings. The van der Waals surface area contributed by atoms with Gasteiger partial charge in [0.25, 0.3) is 0 Å². The zero-order valence-corrected chi connectivity index (χ0v) is 9.36. The Morgan fingerprint density at radius 1 is 1.38 bits per heavy atom. The van der Waals surface area contributed by atoms with Crippen LogP contribution in [-0.4, -0.2) is 11.6 Å². The smallest absolute Gasteiger partial charge is 0.125 e. The predicted octanol–water partition coefficient (Wildman–Crippen LogP) is 3.19. The lowest BCUT2D eigenvalue weighted by Gasteiger charge is -2.29. The normalized spacial score (nSPS) is 11.9. The maximum Gasteiger partial charge on any atom is 0.125 e. The van der Waals surface area contributed by atoms with Crippen LogP contribution in [0, 0.1) is 0 Å². The maximum atomic E-state index is 5.82. The van der Waals surface area contributed by atoms with E-state index in [1.165, 1.54) is 0 Å². The number of hydrogen-bond acceptors (Lipinski definition) is 3. The van der Waals surface area contributed by atoms with Crippen LogP contribution in [-0.2, 0) is 10.3 Å². The largest absolute Gasteiger partial charge is 0.368 e. The molecule has 0 aromatic carbocycles. The number of nitrogens with zero attached hydrogens (tertiary/aromatic N) is 1. The first-order valence-electron chi connectivity index (χ1n) is 4.83. The van der Waals surface area contributed by atoms with Gasteiger partial charge < -0.3 is 4.74 Å². The molecule has 0 saturated heterocycles. The van der Waals surface area contributed by atoms with E-state index < -0.39 is 0 Å². The van der Waals surface area contributed by atoms with Crippen molar-refractivity contribution < 1.29 is 4.74 Å². The maximum absolute atomic E-state index is 5.82. The van der Waals surface area contributed by atoms with E-state index in [2.05, 4.69) is 18.8 Å². The number of ether oxygens (including phenoxy) is 1. The molecule has 0 amide bonds. The van der Waals surface area contributed by atoms with Gasteiger partial charge in [-0.15, -0.1) is 11.3 Å². The van der Waals surface area contributed by atoms with E-state index in [0.717, 1.165) is 24.5 Å². The Balaban J connectivity index is 2.89. The second-order valence-corrected chi connectivity index (χ2v) is 3.87. The fourth-order valence-corrected chi connectivity index (χ4v) is 2.48. The molecule has 0 aliphatic heterocycles. The molecule has 0 bridgehead atoms. The lowest BCUT2D eigenvalue weighted by molar-refractivity contribution is -0.0506. The summed E-state index contributed by atoms with van der Waals surface area (Å²) in [6, 6.07) is 0. The van der Waals surface area contributed by atoms with Crippen LogP contribution < -0.4 is 0 Å². The van der Waals surface area contributed by atoms with Crippen molar-refractivity contribution in [2.24, 2.45) is 0 Å². The van der Waals surface area contributed by atoms with Gasteiger partial charge in [0.2, 0.25) is 0 Å². The molecule has 1 aromatic heterocycles. The monoisotopic (exact) mass is 199 g/mol. The SMILES string of the molecule is CCOC(CC)(CC)c1nccs1. The molecule has 0 unspecified atom stereocenters. The van der Waals surface area contributed by atoms with Gasteiger partial charge in [-0.25, -0.2) is 4.98 Å². The molecular weight excluding hydrogens is 182 g/mol. The van der Waals surface area contributed by atoms with Crippen molar-refractivity contribution in [1.29, 1.82) is 0 Å². The van der Waals surface area contributed by atoms with Gasteiger partial charge in [-0.2, -0.15) is 0 Å². The second kappa shape index (κ2) is 4.72. The summed E-state index contributed by atoms with van der Waals surface area (Å²) in [6.45, 7) is 7.09. The number of hydrogen-bond donors (Lipinski definition) is 0. The van der Waals surface area contributed by atoms with E-state index >= 15 is 0 Å². The average molecular weight is 199 g/mol. The van der Waals surface area contributed by atoms with E-state index in [0.29, 0.717) is 0 Å². The van der Waals surface area contributed by atoms with E-state index in [1.54, 1.807) is 11.3 Å². The first kappa shape index (κ1) is 10.7. The Morgan fingerprint density at radius 3 is 2.46 bits per heavy atom. The molecule has 74 valence electrons. The molecule has 0 aliphatic rings. The van der Waals surface area contributed by atoms with Crippen molar-refractivity contribution in [1.82, 2.24) is 4.98 Å². The van der Waals surface area contributed by atoms with Crippen LogP contribution in [0.4, 0.5) is 0 Å². The molecular formula is C10H17NOS. The molecule has 1 rings (SSSR count). The van der Waals surface area contributed by atoms with Crippen LogP contribution in [0.2, 0.25) is 0 Å². The van der Waals surface area contributed by atoms with Crippen LogP contribution in [0.5, 0.6) is 0 Å². The highest BCUT2D eigenvalue weighted by molar-refractivity contribution is 7.09. The van der Waals surface area contributed by atoms with E-state index in [-0.39, 0.29) is 5.60 Å². The summed E-state index contributed by atoms with van der Waals surface area (Å²) in [6.07, 6.45) is 3.83. The van der Waals surface area contributed by atoms with Crippen LogP contribution in [0.25, 0.3) is 0 Å². The van der Waals surface area contributed by atoms with Gasteiger partial charge in [0.15, 0.2) is 0 Å². The van der Waals surface area contributed by atoms with Gasteiger partial charge in [0, 0.05) is 18.2 Å². The first-order chi connectivity index (χ1) is 6.29. The van der Waals surface area contributed by atoms with Gasteiger partial charge in [-0.05, 0) is 19.8 Å². The summed E-state index contributed by atoms with van der Waals surface area (Å²) in [5.74, 6) is 0. The summed E-state index contributed by atoms with van der Waals surface area (Å²) >= 11 is 1.68. The highest BCUT2D eigenvalue weighted by Crippen LogP contribution is 2.33. The summed E-state index contributed by atoms with van der Waals surface area (Å²) in [5, 5.41) is 3.12. The summed E-state index contributed by atoms with van der Waals surface area (Å²) in [7, 11) is 0. The predicted molar refractivity (Wildman–Crippen MR) is 56.0 cm³/mol. The topological polar surface area (TPSA) is 22.1 Å². The van der Waals surface area contributed by atoms with Gasteiger partial charge in [0.05, 0.1) is 0 Å². The number of thiazole rings is 1. The Kier molecular flexibility index (Phi) is 3.88. The molecule has 0 radical (unpaired) electrons. The Hall–Kier alpha value is -0.410. The van der Waals surface area contributed by atoms with E-state index in [1.807, 2.05) is 18.5 Å². The van der Waals surface area contributed by atoms with E-state index in [9.17, 15) is 0 Å². The lowest BCUT2D eigenvalue weighted by atomic mass is 9.98. The third kappa shape index (κ3) is 2.09. The average Bonchev–Trinajstić information content (AvgIpc) is 2.68. The fraction of sp³-hybridized carbons (Fsp3) is 0.700. The molecule has 3 heteroatoms. The van der Waals surface area contributed by atoms with Gasteiger partial charge in [0.1, 0.15) is 10.6 Å². The quantitative estimate of drug-likeness (QED) is 0.726. The molecule has 2 nitrogen and oxygen atoms in total. The molecule has 0 atom stereocenters. The van der Waals surface area contributed by atoms with Crippen molar-refractivity contribution in [3.8, 4) is 0 Å². The van der Waals surface area contributed by atoms with Crippen LogP contribution in [0.3, 0.4) is 0 Å². The van der Waals surface area contributed by atoms with Crippen molar-refractivity contribution >= 4 is 11.3 Å². The van der Waals surface area contributed by atoms with Gasteiger partial charge in [-0.1, -0.05) is 13.8 Å². The number of rotatable bonds is 5. The standard InChI is InChI=1S/C10H17NOS/c1-4-10(5-2,12-6-3)9-11-7-8-13-9/h7-8H,4-6H2,1-3H3. The Bertz CT molecular complexity index is 229. The van der Waals surface area contributed by atoms with Crippen molar-refractivity contribution in [2.45, 2.75) is 39.2 Å². The van der Waals surface area contributed by atoms with Gasteiger partial charge >= 0.3 is 0 Å². The summed E-state index contributed by atoms with van der Waals surface area (Å²) < 4.78 is 5.82. The van der Waals surface area contributed by atoms with Crippen molar-refractivity contribution in [3.05, 3.63) is 16.6 Å². The molecule has 0 saturated carbocycles. The molecule has 1 aromatic rings. The zero-order valence-electron chi connectivity index (χ0n) is 8.54. The highest BCUT2D eigenvalue weighted by Gasteiger charge is 2.31. The third-order valence-corrected chi connectivity index (χ3v) is 3.34. The zero-order chi connectivity index (χ0) is 9.73. The van der Waals surface area contributed by atoms with Crippen molar-refractivity contribution in [2.75, 3.05) is 6.61 Å². The van der Waals surface area contributed by atoms with E-state index in [4.69, 9.17) is 4.74 Å². The molecule has 13 heavy (non-hydrogen) atoms. The lowest BCUT2D eigenvalue weighted by Crippen LogP contribution is -2.28. The second-order valence-electron chi connectivity index (χ2n) is 2.97. The molecule has 0 spiro atoms. The summed E-state index contributed by atoms with van der Waals surface area (Å²) in [4.78, 5) is 4.34. The molecule has 0 aliphatic carbocycles. The minimum Gasteiger partial charge on any atom is -0.368 e. The Morgan fingerprint density at radius 2 is 2.08 bits per heavy atom. The molecule has 1 heterocycles.